The molecule has 0 spiro atoms. The maximum Gasteiger partial charge on any atom is 0.148 e. The molecule has 0 aliphatic carbocycles. The Kier molecular flexibility index (Phi) is 4.72. The minimum Gasteiger partial charge on any atom is -0.380 e. The third kappa shape index (κ3) is 4.20. The topological polar surface area (TPSA) is 29.5 Å². The highest BCUT2D eigenvalue weighted by atomic mass is 16.5. The quantitative estimate of drug-likeness (QED) is 0.452. The summed E-state index contributed by atoms with van der Waals surface area (Å²) < 4.78 is 5.35. The number of carbonyl (C=O) groups excluding carboxylic acids is 1. The third-order valence-corrected chi connectivity index (χ3v) is 2.12. The summed E-state index contributed by atoms with van der Waals surface area (Å²) >= 11 is 0. The van der Waals surface area contributed by atoms with Crippen LogP contribution in [0.3, 0.4) is 0 Å². The van der Waals surface area contributed by atoms with Gasteiger partial charge < -0.3 is 4.74 Å². The van der Waals surface area contributed by atoms with Crippen LogP contribution in [-0.4, -0.2) is 43.5 Å². The molecule has 1 rings (SSSR count). The summed E-state index contributed by atoms with van der Waals surface area (Å²) in [5.74, 6) is 0.353. The van der Waals surface area contributed by atoms with Gasteiger partial charge in [0.05, 0.1) is 19.8 Å². The van der Waals surface area contributed by atoms with Crippen molar-refractivity contribution < 1.29 is 9.53 Å². The van der Waals surface area contributed by atoms with E-state index in [0.29, 0.717) is 18.7 Å². The van der Waals surface area contributed by atoms with E-state index < -0.39 is 0 Å². The lowest BCUT2D eigenvalue weighted by Gasteiger charge is -2.12. The van der Waals surface area contributed by atoms with Crippen LogP contribution < -0.4 is 0 Å². The fourth-order valence-corrected chi connectivity index (χ4v) is 1.34. The van der Waals surface area contributed by atoms with Crippen LogP contribution in [0.5, 0.6) is 0 Å². The minimum absolute atomic E-state index is 0.353. The summed E-state index contributed by atoms with van der Waals surface area (Å²) in [6.07, 6.45) is 3.46. The maximum absolute atomic E-state index is 10.9. The molecule has 0 aromatic rings. The van der Waals surface area contributed by atoms with Gasteiger partial charge in [-0.05, 0) is 6.42 Å². The number of carbonyl (C=O) groups is 1. The molecule has 1 aliphatic rings. The Bertz CT molecular complexity index is 180. The number of rotatable bonds is 6. The largest absolute Gasteiger partial charge is 0.380 e. The first-order valence-electron chi connectivity index (χ1n) is 4.75. The molecule has 0 unspecified atom stereocenters. The molecule has 0 amide bonds. The van der Waals surface area contributed by atoms with E-state index >= 15 is 0 Å². The van der Waals surface area contributed by atoms with E-state index in [1.165, 1.54) is 0 Å². The van der Waals surface area contributed by atoms with Gasteiger partial charge in [0, 0.05) is 19.5 Å². The molecule has 13 heavy (non-hydrogen) atoms. The van der Waals surface area contributed by atoms with Crippen molar-refractivity contribution in [1.29, 1.82) is 0 Å². The highest BCUT2D eigenvalue weighted by molar-refractivity contribution is 5.82. The average molecular weight is 183 g/mol. The Morgan fingerprint density at radius 2 is 2.38 bits per heavy atom. The Balaban J connectivity index is 1.94. The van der Waals surface area contributed by atoms with Gasteiger partial charge in [-0.2, -0.15) is 0 Å². The van der Waals surface area contributed by atoms with Crippen LogP contribution in [0.25, 0.3) is 0 Å². The number of Topliss-reactive ketones (excluding diaryl/α,β-unsaturated/α-hetero) is 1. The van der Waals surface area contributed by atoms with Gasteiger partial charge in [0.25, 0.3) is 0 Å². The molecule has 74 valence electrons. The summed E-state index contributed by atoms with van der Waals surface area (Å²) in [6.45, 7) is 7.48. The molecule has 0 radical (unpaired) electrons. The van der Waals surface area contributed by atoms with Crippen LogP contribution >= 0.6 is 0 Å². The van der Waals surface area contributed by atoms with E-state index in [1.807, 2.05) is 6.08 Å². The van der Waals surface area contributed by atoms with E-state index in [1.54, 1.807) is 0 Å². The molecule has 0 aromatic carbocycles. The van der Waals surface area contributed by atoms with Crippen LogP contribution in [0.1, 0.15) is 12.8 Å². The monoisotopic (exact) mass is 183 g/mol. The van der Waals surface area contributed by atoms with Crippen molar-refractivity contribution in [2.24, 2.45) is 0 Å². The summed E-state index contributed by atoms with van der Waals surface area (Å²) in [6, 6.07) is 0. The van der Waals surface area contributed by atoms with Crippen LogP contribution in [0.4, 0.5) is 0 Å². The van der Waals surface area contributed by atoms with Crippen molar-refractivity contribution in [2.75, 3.05) is 32.8 Å². The summed E-state index contributed by atoms with van der Waals surface area (Å²) in [7, 11) is 0. The van der Waals surface area contributed by atoms with E-state index in [4.69, 9.17) is 4.74 Å². The molecular weight excluding hydrogens is 166 g/mol. The van der Waals surface area contributed by atoms with Crippen molar-refractivity contribution in [3.63, 3.8) is 0 Å². The molecule has 1 aliphatic heterocycles. The molecule has 1 heterocycles. The molecule has 3 nitrogen and oxygen atoms in total. The number of likely N-dealkylation sites (tertiary alicyclic amines) is 1. The number of ether oxygens (including phenoxy) is 1. The molecule has 0 saturated carbocycles. The van der Waals surface area contributed by atoms with Crippen molar-refractivity contribution in [1.82, 2.24) is 4.90 Å². The molecular formula is C10H17NO2. The van der Waals surface area contributed by atoms with E-state index in [9.17, 15) is 4.79 Å². The van der Waals surface area contributed by atoms with Gasteiger partial charge in [-0.15, -0.1) is 6.58 Å². The lowest BCUT2D eigenvalue weighted by atomic mass is 10.4. The molecule has 0 N–H and O–H groups in total. The second kappa shape index (κ2) is 5.89. The highest BCUT2D eigenvalue weighted by Crippen LogP contribution is 2.02. The second-order valence-corrected chi connectivity index (χ2v) is 3.25. The fraction of sp³-hybridized carbons (Fsp3) is 0.700. The zero-order valence-electron chi connectivity index (χ0n) is 8.00. The van der Waals surface area contributed by atoms with Gasteiger partial charge in [-0.1, -0.05) is 6.08 Å². The molecule has 1 saturated heterocycles. The summed E-state index contributed by atoms with van der Waals surface area (Å²) in [5.41, 5.74) is 0. The first-order chi connectivity index (χ1) is 6.33. The lowest BCUT2D eigenvalue weighted by molar-refractivity contribution is -0.116. The maximum atomic E-state index is 10.9. The van der Waals surface area contributed by atoms with Crippen LogP contribution in [-0.2, 0) is 9.53 Å². The normalized spacial score (nSPS) is 18.0. The smallest absolute Gasteiger partial charge is 0.148 e. The van der Waals surface area contributed by atoms with Gasteiger partial charge in [0.15, 0.2) is 0 Å². The zero-order valence-corrected chi connectivity index (χ0v) is 8.00. The van der Waals surface area contributed by atoms with Crippen molar-refractivity contribution >= 4 is 5.78 Å². The van der Waals surface area contributed by atoms with Gasteiger partial charge in [-0.25, -0.2) is 0 Å². The average Bonchev–Trinajstić information content (AvgIpc) is 2.51. The number of hydrogen-bond acceptors (Lipinski definition) is 3. The van der Waals surface area contributed by atoms with E-state index in [0.717, 1.165) is 32.7 Å². The Morgan fingerprint density at radius 1 is 1.54 bits per heavy atom. The molecule has 1 fully saturated rings. The van der Waals surface area contributed by atoms with Crippen molar-refractivity contribution in [2.45, 2.75) is 12.8 Å². The third-order valence-electron chi connectivity index (χ3n) is 2.12. The number of hydrogen-bond donors (Lipinski definition) is 0. The fourth-order valence-electron chi connectivity index (χ4n) is 1.34. The SMILES string of the molecule is C=CCCOCCN1CCC(=O)C1. The van der Waals surface area contributed by atoms with Gasteiger partial charge in [-0.3, -0.25) is 9.69 Å². The summed E-state index contributed by atoms with van der Waals surface area (Å²) in [5, 5.41) is 0. The lowest BCUT2D eigenvalue weighted by Crippen LogP contribution is -2.25. The first kappa shape index (κ1) is 10.4. The van der Waals surface area contributed by atoms with Gasteiger partial charge in [0.2, 0.25) is 0 Å². The highest BCUT2D eigenvalue weighted by Gasteiger charge is 2.17. The van der Waals surface area contributed by atoms with Crippen LogP contribution in [0, 0.1) is 0 Å². The number of ketones is 1. The Labute approximate surface area is 79.4 Å². The van der Waals surface area contributed by atoms with Crippen LogP contribution in [0.15, 0.2) is 12.7 Å². The summed E-state index contributed by atoms with van der Waals surface area (Å²) in [4.78, 5) is 13.0. The molecule has 3 heteroatoms. The molecule has 0 aromatic heterocycles. The Hall–Kier alpha value is -0.670. The second-order valence-electron chi connectivity index (χ2n) is 3.25. The van der Waals surface area contributed by atoms with Gasteiger partial charge >= 0.3 is 0 Å². The first-order valence-corrected chi connectivity index (χ1v) is 4.75. The molecule has 0 atom stereocenters. The van der Waals surface area contributed by atoms with E-state index in [-0.39, 0.29) is 0 Å². The zero-order chi connectivity index (χ0) is 9.52. The van der Waals surface area contributed by atoms with Crippen molar-refractivity contribution in [3.8, 4) is 0 Å². The Morgan fingerprint density at radius 3 is 3.00 bits per heavy atom. The predicted octanol–water partition coefficient (Wildman–Crippen LogP) is 0.854. The number of nitrogens with zero attached hydrogens (tertiary/aromatic N) is 1. The molecule has 0 bridgehead atoms. The van der Waals surface area contributed by atoms with E-state index in [2.05, 4.69) is 11.5 Å². The van der Waals surface area contributed by atoms with Gasteiger partial charge in [0.1, 0.15) is 5.78 Å². The standard InChI is InChI=1S/C10H17NO2/c1-2-3-7-13-8-6-11-5-4-10(12)9-11/h2H,1,3-9H2. The van der Waals surface area contributed by atoms with Crippen molar-refractivity contribution in [3.05, 3.63) is 12.7 Å². The predicted molar refractivity (Wildman–Crippen MR) is 51.7 cm³/mol. The van der Waals surface area contributed by atoms with Crippen LogP contribution in [0.2, 0.25) is 0 Å². The minimum atomic E-state index is 0.353.